The third-order valence-electron chi connectivity index (χ3n) is 6.49. The summed E-state index contributed by atoms with van der Waals surface area (Å²) < 4.78 is 4.40. The van der Waals surface area contributed by atoms with E-state index in [1.165, 1.54) is 16.9 Å². The molecule has 6 heteroatoms. The minimum atomic E-state index is -2.57. The Kier molecular flexibility index (Phi) is 4.23. The van der Waals surface area contributed by atoms with Gasteiger partial charge in [-0.3, -0.25) is 5.16 Å². The van der Waals surface area contributed by atoms with Crippen molar-refractivity contribution in [2.75, 3.05) is 29.8 Å². The van der Waals surface area contributed by atoms with E-state index in [2.05, 4.69) is 66.9 Å². The molecule has 2 aromatic carbocycles. The molecule has 0 radical (unpaired) electrons. The van der Waals surface area contributed by atoms with E-state index in [0.717, 1.165) is 36.9 Å². The molecule has 1 saturated heterocycles. The van der Waals surface area contributed by atoms with Crippen LogP contribution in [-0.4, -0.2) is 31.0 Å². The standard InChI is InChI=1S/C23H28N5P/c1-23(2)19-13-7-8-14-20(19)26(3)22(23)21-17-25-28(18-11-5-4-6-12-18)29(21,24)27-15-9-10-16-27/h4-8,11-14,17,24H,9-10,15-16H2,1-3H3/b22-21-. The van der Waals surface area contributed by atoms with Crippen LogP contribution in [0.1, 0.15) is 32.3 Å². The number of nitrogens with one attached hydrogen (secondary N) is 1. The maximum atomic E-state index is 9.92. The Morgan fingerprint density at radius 3 is 2.31 bits per heavy atom. The Bertz CT molecular complexity index is 1050. The Morgan fingerprint density at radius 2 is 1.62 bits per heavy atom. The molecular formula is C23H28N5P. The van der Waals surface area contributed by atoms with Gasteiger partial charge in [-0.2, -0.15) is 5.10 Å². The fraction of sp³-hybridized carbons (Fsp3) is 0.348. The predicted molar refractivity (Wildman–Crippen MR) is 123 cm³/mol. The normalized spacial score (nSPS) is 28.4. The second kappa shape index (κ2) is 6.58. The van der Waals surface area contributed by atoms with Crippen LogP contribution < -0.4 is 9.68 Å². The molecule has 2 aromatic rings. The number of fused-ring (bicyclic) bond motifs is 1. The number of anilines is 2. The van der Waals surface area contributed by atoms with E-state index in [9.17, 15) is 5.16 Å². The highest BCUT2D eigenvalue weighted by molar-refractivity contribution is 7.70. The number of nitrogens with zero attached hydrogens (tertiary/aromatic N) is 4. The van der Waals surface area contributed by atoms with Crippen molar-refractivity contribution in [2.45, 2.75) is 32.1 Å². The Morgan fingerprint density at radius 1 is 0.966 bits per heavy atom. The Labute approximate surface area is 173 Å². The molecule has 0 spiro atoms. The molecule has 5 nitrogen and oxygen atoms in total. The summed E-state index contributed by atoms with van der Waals surface area (Å²) in [5.41, 5.74) is 4.62. The summed E-state index contributed by atoms with van der Waals surface area (Å²) in [5, 5.41) is 15.8. The maximum Gasteiger partial charge on any atom is 0.172 e. The summed E-state index contributed by atoms with van der Waals surface area (Å²) in [4.78, 5) is 2.30. The number of benzene rings is 2. The van der Waals surface area contributed by atoms with Crippen molar-refractivity contribution >= 4 is 24.9 Å². The maximum absolute atomic E-state index is 9.92. The van der Waals surface area contributed by atoms with Crippen LogP contribution >= 0.6 is 7.36 Å². The van der Waals surface area contributed by atoms with E-state index < -0.39 is 7.36 Å². The highest BCUT2D eigenvalue weighted by atomic mass is 31.2. The smallest absolute Gasteiger partial charge is 0.172 e. The average Bonchev–Trinajstić information content (AvgIpc) is 3.42. The lowest BCUT2D eigenvalue weighted by molar-refractivity contribution is 0.556. The van der Waals surface area contributed by atoms with E-state index in [0.29, 0.717) is 0 Å². The van der Waals surface area contributed by atoms with E-state index >= 15 is 0 Å². The second-order valence-electron chi connectivity index (χ2n) is 8.57. The molecule has 3 aliphatic heterocycles. The molecule has 1 fully saturated rings. The third-order valence-corrected chi connectivity index (χ3v) is 9.59. The van der Waals surface area contributed by atoms with Crippen molar-refractivity contribution in [1.29, 1.82) is 5.16 Å². The number of likely N-dealkylation sites (N-methyl/N-ethyl adjacent to an activating group) is 1. The fourth-order valence-electron chi connectivity index (χ4n) is 5.09. The Hall–Kier alpha value is -2.36. The first kappa shape index (κ1) is 18.7. The molecule has 150 valence electrons. The van der Waals surface area contributed by atoms with Crippen LogP contribution in [0.25, 0.3) is 0 Å². The van der Waals surface area contributed by atoms with Crippen molar-refractivity contribution in [2.24, 2.45) is 5.10 Å². The average molecular weight is 405 g/mol. The molecule has 0 saturated carbocycles. The highest BCUT2D eigenvalue weighted by Crippen LogP contribution is 2.68. The topological polar surface area (TPSA) is 45.9 Å². The van der Waals surface area contributed by atoms with E-state index in [-0.39, 0.29) is 5.41 Å². The molecule has 0 bridgehead atoms. The largest absolute Gasteiger partial charge is 0.346 e. The van der Waals surface area contributed by atoms with Gasteiger partial charge >= 0.3 is 0 Å². The van der Waals surface area contributed by atoms with Crippen molar-refractivity contribution in [1.82, 2.24) is 4.67 Å². The molecule has 1 N–H and O–H groups in total. The predicted octanol–water partition coefficient (Wildman–Crippen LogP) is 5.84. The van der Waals surface area contributed by atoms with Crippen LogP contribution in [-0.2, 0) is 5.41 Å². The fourth-order valence-corrected chi connectivity index (χ4v) is 8.30. The lowest BCUT2D eigenvalue weighted by Crippen LogP contribution is -2.29. The molecule has 29 heavy (non-hydrogen) atoms. The van der Waals surface area contributed by atoms with Crippen LogP contribution in [0.3, 0.4) is 0 Å². The molecule has 1 unspecified atom stereocenters. The number of allylic oxidation sites excluding steroid dienone is 2. The number of hydrazone groups is 1. The number of hydrogen-bond acceptors (Lipinski definition) is 3. The minimum absolute atomic E-state index is 0.161. The number of rotatable bonds is 2. The molecule has 0 amide bonds. The van der Waals surface area contributed by atoms with Crippen molar-refractivity contribution < 1.29 is 0 Å². The van der Waals surface area contributed by atoms with Gasteiger partial charge in [0, 0.05) is 36.9 Å². The lowest BCUT2D eigenvalue weighted by atomic mass is 9.84. The van der Waals surface area contributed by atoms with E-state index in [4.69, 9.17) is 5.10 Å². The van der Waals surface area contributed by atoms with Crippen molar-refractivity contribution in [3.05, 3.63) is 71.2 Å². The molecular weight excluding hydrogens is 377 g/mol. The summed E-state index contributed by atoms with van der Waals surface area (Å²) >= 11 is 0. The molecule has 1 atom stereocenters. The Balaban J connectivity index is 1.73. The summed E-state index contributed by atoms with van der Waals surface area (Å²) in [7, 11) is -0.430. The van der Waals surface area contributed by atoms with Crippen molar-refractivity contribution in [3.8, 4) is 0 Å². The zero-order chi connectivity index (χ0) is 20.2. The SMILES string of the molecule is CN1/C(=C2/C=NN(c3ccccc3)P2(=N)N2CCCC2)C(C)(C)c2ccccc21. The summed E-state index contributed by atoms with van der Waals surface area (Å²) in [6, 6.07) is 18.9. The van der Waals surface area contributed by atoms with Crippen LogP contribution in [0.4, 0.5) is 11.4 Å². The molecule has 3 heterocycles. The van der Waals surface area contributed by atoms with Gasteiger partial charge in [0.25, 0.3) is 0 Å². The first-order valence-electron chi connectivity index (χ1n) is 10.3. The highest BCUT2D eigenvalue weighted by Gasteiger charge is 2.48. The number of hydrogen-bond donors (Lipinski definition) is 1. The van der Waals surface area contributed by atoms with Crippen molar-refractivity contribution in [3.63, 3.8) is 0 Å². The molecule has 3 aliphatic rings. The van der Waals surface area contributed by atoms with Gasteiger partial charge in [0.2, 0.25) is 0 Å². The minimum Gasteiger partial charge on any atom is -0.346 e. The lowest BCUT2D eigenvalue weighted by Gasteiger charge is -2.38. The zero-order valence-electron chi connectivity index (χ0n) is 17.3. The van der Waals surface area contributed by atoms with Crippen LogP contribution in [0.15, 0.2) is 70.7 Å². The van der Waals surface area contributed by atoms with Gasteiger partial charge in [0.1, 0.15) is 0 Å². The zero-order valence-corrected chi connectivity index (χ0v) is 18.2. The molecule has 0 aliphatic carbocycles. The van der Waals surface area contributed by atoms with Crippen LogP contribution in [0.2, 0.25) is 0 Å². The van der Waals surface area contributed by atoms with E-state index in [1.54, 1.807) is 0 Å². The van der Waals surface area contributed by atoms with Gasteiger partial charge in [-0.15, -0.1) is 0 Å². The second-order valence-corrected chi connectivity index (χ2v) is 11.2. The van der Waals surface area contributed by atoms with Gasteiger partial charge < -0.3 is 4.90 Å². The van der Waals surface area contributed by atoms with Gasteiger partial charge in [-0.05, 0) is 36.6 Å². The first-order valence-corrected chi connectivity index (χ1v) is 12.0. The first-order chi connectivity index (χ1) is 14.0. The monoisotopic (exact) mass is 405 g/mol. The summed E-state index contributed by atoms with van der Waals surface area (Å²) in [6.07, 6.45) is 4.29. The van der Waals surface area contributed by atoms with Gasteiger partial charge in [0.05, 0.1) is 17.2 Å². The van der Waals surface area contributed by atoms with Gasteiger partial charge in [-0.25, -0.2) is 9.45 Å². The summed E-state index contributed by atoms with van der Waals surface area (Å²) in [6.45, 7) is 6.51. The van der Waals surface area contributed by atoms with E-state index in [1.807, 2.05) is 29.2 Å². The van der Waals surface area contributed by atoms with Gasteiger partial charge in [0.15, 0.2) is 7.36 Å². The third kappa shape index (κ3) is 2.57. The number of para-hydroxylation sites is 2. The molecule has 5 rings (SSSR count). The van der Waals surface area contributed by atoms with Crippen LogP contribution in [0, 0.1) is 5.16 Å². The summed E-state index contributed by atoms with van der Waals surface area (Å²) in [5.74, 6) is 0. The van der Waals surface area contributed by atoms with Gasteiger partial charge in [-0.1, -0.05) is 50.2 Å². The quantitative estimate of drug-likeness (QED) is 0.639. The molecule has 0 aromatic heterocycles. The van der Waals surface area contributed by atoms with Crippen LogP contribution in [0.5, 0.6) is 0 Å².